The number of carbonyl (C=O) groups is 2. The molecule has 0 atom stereocenters. The highest BCUT2D eigenvalue weighted by Gasteiger charge is 2.20. The van der Waals surface area contributed by atoms with Crippen molar-refractivity contribution in [1.82, 2.24) is 9.88 Å². The first-order valence-electron chi connectivity index (χ1n) is 9.68. The van der Waals surface area contributed by atoms with Crippen molar-refractivity contribution in [3.63, 3.8) is 0 Å². The monoisotopic (exact) mass is 473 g/mol. The molecule has 0 unspecified atom stereocenters. The van der Waals surface area contributed by atoms with Crippen LogP contribution in [0.5, 0.6) is 5.75 Å². The summed E-state index contributed by atoms with van der Waals surface area (Å²) in [5.74, 6) is -0.564. The fourth-order valence-electron chi connectivity index (χ4n) is 2.74. The summed E-state index contributed by atoms with van der Waals surface area (Å²) in [6.45, 7) is 1.99. The lowest BCUT2D eigenvalue weighted by Crippen LogP contribution is -2.29. The minimum absolute atomic E-state index is 0.124. The van der Waals surface area contributed by atoms with E-state index < -0.39 is 5.82 Å². The van der Waals surface area contributed by atoms with Gasteiger partial charge in [0.2, 0.25) is 11.8 Å². The number of ether oxygens (including phenoxy) is 1. The van der Waals surface area contributed by atoms with E-state index in [-0.39, 0.29) is 24.1 Å². The predicted molar refractivity (Wildman–Crippen MR) is 125 cm³/mol. The number of thiazole rings is 1. The highest BCUT2D eigenvalue weighted by atomic mass is 35.5. The van der Waals surface area contributed by atoms with Crippen LogP contribution in [0.3, 0.4) is 0 Å². The van der Waals surface area contributed by atoms with E-state index >= 15 is 0 Å². The van der Waals surface area contributed by atoms with E-state index in [1.807, 2.05) is 12.1 Å². The molecule has 0 bridgehead atoms. The van der Waals surface area contributed by atoms with Crippen LogP contribution in [-0.4, -0.2) is 41.9 Å². The van der Waals surface area contributed by atoms with Crippen molar-refractivity contribution < 1.29 is 18.7 Å². The number of amides is 2. The Kier molecular flexibility index (Phi) is 7.97. The van der Waals surface area contributed by atoms with Gasteiger partial charge in [0.15, 0.2) is 5.13 Å². The van der Waals surface area contributed by atoms with E-state index in [2.05, 4.69) is 4.98 Å². The summed E-state index contributed by atoms with van der Waals surface area (Å²) >= 11 is 7.22. The second-order valence-electron chi connectivity index (χ2n) is 6.73. The Morgan fingerprint density at radius 3 is 2.62 bits per heavy atom. The molecule has 0 saturated heterocycles. The molecule has 1 heterocycles. The number of halogens is 2. The van der Waals surface area contributed by atoms with E-state index in [4.69, 9.17) is 16.3 Å². The van der Waals surface area contributed by atoms with Gasteiger partial charge in [-0.2, -0.15) is 0 Å². The molecule has 0 fully saturated rings. The van der Waals surface area contributed by atoms with Crippen LogP contribution in [0.4, 0.5) is 15.2 Å². The Morgan fingerprint density at radius 1 is 1.19 bits per heavy atom. The van der Waals surface area contributed by atoms with Crippen LogP contribution in [0.25, 0.3) is 6.08 Å². The molecule has 3 rings (SSSR count). The number of aromatic nitrogens is 1. The van der Waals surface area contributed by atoms with Crippen molar-refractivity contribution in [3.05, 3.63) is 76.5 Å². The van der Waals surface area contributed by atoms with Crippen molar-refractivity contribution in [2.24, 2.45) is 0 Å². The highest BCUT2D eigenvalue weighted by molar-refractivity contribution is 7.14. The largest absolute Gasteiger partial charge is 0.490 e. The first-order valence-corrected chi connectivity index (χ1v) is 10.9. The Balaban J connectivity index is 1.60. The summed E-state index contributed by atoms with van der Waals surface area (Å²) in [5, 5.41) is 2.52. The number of anilines is 2. The zero-order chi connectivity index (χ0) is 23.1. The average Bonchev–Trinajstić information content (AvgIpc) is 3.23. The molecule has 0 saturated carbocycles. The standard InChI is InChI=1S/C23H21ClFN3O3S/c1-16(29)28(20-9-5-4-8-19(20)25)23-26-17(15-32-23)11-12-22(30)27(2)13-14-31-21-10-6-3-7-18(21)24/h3-12,15H,13-14H2,1-2H3/b12-11+. The topological polar surface area (TPSA) is 62.7 Å². The molecule has 2 aromatic carbocycles. The quantitative estimate of drug-likeness (QED) is 0.423. The molecule has 32 heavy (non-hydrogen) atoms. The van der Waals surface area contributed by atoms with Gasteiger partial charge in [0.05, 0.1) is 22.9 Å². The third-order valence-corrected chi connectivity index (χ3v) is 5.56. The molecular formula is C23H21ClFN3O3S. The molecule has 0 aliphatic rings. The molecule has 6 nitrogen and oxygen atoms in total. The fourth-order valence-corrected chi connectivity index (χ4v) is 3.78. The molecule has 166 valence electrons. The van der Waals surface area contributed by atoms with Crippen LogP contribution < -0.4 is 9.64 Å². The first-order chi connectivity index (χ1) is 15.4. The number of hydrogen-bond donors (Lipinski definition) is 0. The Hall–Kier alpha value is -3.23. The van der Waals surface area contributed by atoms with Crippen molar-refractivity contribution in [3.8, 4) is 5.75 Å². The smallest absolute Gasteiger partial charge is 0.246 e. The van der Waals surface area contributed by atoms with Gasteiger partial charge in [-0.25, -0.2) is 9.37 Å². The summed E-state index contributed by atoms with van der Waals surface area (Å²) in [6.07, 6.45) is 2.93. The van der Waals surface area contributed by atoms with Crippen molar-refractivity contribution in [1.29, 1.82) is 0 Å². The summed E-state index contributed by atoms with van der Waals surface area (Å²) in [6, 6.07) is 13.1. The van der Waals surface area contributed by atoms with Crippen LogP contribution in [0.15, 0.2) is 60.0 Å². The molecule has 0 aliphatic carbocycles. The summed E-state index contributed by atoms with van der Waals surface area (Å²) in [5.41, 5.74) is 0.612. The van der Waals surface area contributed by atoms with Gasteiger partial charge in [0, 0.05) is 25.4 Å². The lowest BCUT2D eigenvalue weighted by Gasteiger charge is -2.18. The van der Waals surface area contributed by atoms with E-state index in [0.717, 1.165) is 0 Å². The van der Waals surface area contributed by atoms with Crippen LogP contribution in [0.2, 0.25) is 5.02 Å². The molecule has 0 radical (unpaired) electrons. The van der Waals surface area contributed by atoms with Gasteiger partial charge >= 0.3 is 0 Å². The number of benzene rings is 2. The van der Waals surface area contributed by atoms with Crippen LogP contribution in [0, 0.1) is 5.82 Å². The second kappa shape index (κ2) is 10.9. The van der Waals surface area contributed by atoms with Crippen molar-refractivity contribution in [2.45, 2.75) is 6.92 Å². The van der Waals surface area contributed by atoms with Gasteiger partial charge in [-0.05, 0) is 30.3 Å². The summed E-state index contributed by atoms with van der Waals surface area (Å²) in [4.78, 5) is 31.5. The highest BCUT2D eigenvalue weighted by Crippen LogP contribution is 2.31. The molecule has 0 aliphatic heterocycles. The zero-order valence-electron chi connectivity index (χ0n) is 17.5. The lowest BCUT2D eigenvalue weighted by atomic mass is 10.3. The molecule has 3 aromatic rings. The minimum atomic E-state index is -0.522. The number of nitrogens with zero attached hydrogens (tertiary/aromatic N) is 3. The van der Waals surface area contributed by atoms with Gasteiger partial charge < -0.3 is 9.64 Å². The average molecular weight is 474 g/mol. The molecule has 1 aromatic heterocycles. The second-order valence-corrected chi connectivity index (χ2v) is 7.98. The van der Waals surface area contributed by atoms with Gasteiger partial charge in [-0.15, -0.1) is 11.3 Å². The Morgan fingerprint density at radius 2 is 1.91 bits per heavy atom. The Bertz CT molecular complexity index is 1130. The molecular weight excluding hydrogens is 453 g/mol. The SMILES string of the molecule is CC(=O)N(c1nc(/C=C/C(=O)N(C)CCOc2ccccc2Cl)cs1)c1ccccc1F. The number of para-hydroxylation sites is 2. The fraction of sp³-hybridized carbons (Fsp3) is 0.174. The number of carbonyl (C=O) groups excluding carboxylic acids is 2. The lowest BCUT2D eigenvalue weighted by molar-refractivity contribution is -0.125. The Labute approximate surface area is 194 Å². The van der Waals surface area contributed by atoms with Gasteiger partial charge in [0.25, 0.3) is 0 Å². The zero-order valence-corrected chi connectivity index (χ0v) is 19.1. The number of likely N-dealkylation sites (N-methyl/N-ethyl adjacent to an activating group) is 1. The maximum absolute atomic E-state index is 14.2. The van der Waals surface area contributed by atoms with E-state index in [9.17, 15) is 14.0 Å². The van der Waals surface area contributed by atoms with Crippen LogP contribution in [-0.2, 0) is 9.59 Å². The molecule has 0 N–H and O–H groups in total. The van der Waals surface area contributed by atoms with Gasteiger partial charge in [-0.1, -0.05) is 35.9 Å². The van der Waals surface area contributed by atoms with Crippen LogP contribution in [0.1, 0.15) is 12.6 Å². The first kappa shape index (κ1) is 23.4. The van der Waals surface area contributed by atoms with E-state index in [0.29, 0.717) is 28.1 Å². The van der Waals surface area contributed by atoms with Crippen molar-refractivity contribution >= 4 is 51.6 Å². The van der Waals surface area contributed by atoms with Gasteiger partial charge in [-0.3, -0.25) is 14.5 Å². The maximum atomic E-state index is 14.2. The predicted octanol–water partition coefficient (Wildman–Crippen LogP) is 5.17. The third-order valence-electron chi connectivity index (χ3n) is 4.40. The van der Waals surface area contributed by atoms with E-state index in [1.165, 1.54) is 46.3 Å². The molecule has 0 spiro atoms. The van der Waals surface area contributed by atoms with E-state index in [1.54, 1.807) is 42.8 Å². The minimum Gasteiger partial charge on any atom is -0.490 e. The van der Waals surface area contributed by atoms with Crippen LogP contribution >= 0.6 is 22.9 Å². The normalized spacial score (nSPS) is 10.9. The molecule has 2 amide bonds. The number of rotatable bonds is 8. The summed E-state index contributed by atoms with van der Waals surface area (Å²) in [7, 11) is 1.66. The summed E-state index contributed by atoms with van der Waals surface area (Å²) < 4.78 is 19.8. The maximum Gasteiger partial charge on any atom is 0.246 e. The third kappa shape index (κ3) is 5.93. The van der Waals surface area contributed by atoms with Crippen molar-refractivity contribution in [2.75, 3.05) is 25.1 Å². The number of hydrogen-bond acceptors (Lipinski definition) is 5. The van der Waals surface area contributed by atoms with Gasteiger partial charge in [0.1, 0.15) is 18.2 Å². The molecule has 9 heteroatoms.